The topological polar surface area (TPSA) is 202 Å². The van der Waals surface area contributed by atoms with Crippen LogP contribution in [0, 0.1) is 0 Å². The number of fused-ring (bicyclic) bond motifs is 1. The second kappa shape index (κ2) is 13.2. The molecule has 0 amide bonds. The third-order valence-electron chi connectivity index (χ3n) is 7.74. The first kappa shape index (κ1) is 31.2. The van der Waals surface area contributed by atoms with Gasteiger partial charge in [0.15, 0.2) is 17.2 Å². The molecule has 1 saturated carbocycles. The lowest BCUT2D eigenvalue weighted by Gasteiger charge is -2.33. The molecule has 230 valence electrons. The molecule has 1 aliphatic heterocycles. The minimum Gasteiger partial charge on any atom is -0.393 e. The van der Waals surface area contributed by atoms with Gasteiger partial charge in [-0.25, -0.2) is 4.68 Å². The Hall–Kier alpha value is -2.23. The van der Waals surface area contributed by atoms with Crippen LogP contribution in [0.4, 0.5) is 5.82 Å². The van der Waals surface area contributed by atoms with Gasteiger partial charge in [0.1, 0.15) is 24.1 Å². The van der Waals surface area contributed by atoms with Gasteiger partial charge in [0.2, 0.25) is 5.28 Å². The molecular formula is C26H35ClN5O9P. The summed E-state index contributed by atoms with van der Waals surface area (Å²) in [5, 5.41) is 37.5. The molecule has 0 bridgehead atoms. The molecule has 1 aromatic carbocycles. The quantitative estimate of drug-likeness (QED) is 0.0913. The van der Waals surface area contributed by atoms with Crippen molar-refractivity contribution in [3.8, 4) is 0 Å². The lowest BCUT2D eigenvalue weighted by atomic mass is 10.1. The Bertz CT molecular complexity index is 1390. The van der Waals surface area contributed by atoms with Crippen molar-refractivity contribution in [2.75, 3.05) is 25.1 Å². The molecule has 5 atom stereocenters. The third kappa shape index (κ3) is 6.63. The monoisotopic (exact) mass is 627 g/mol. The van der Waals surface area contributed by atoms with E-state index in [-0.39, 0.29) is 36.6 Å². The van der Waals surface area contributed by atoms with Gasteiger partial charge in [-0.15, -0.1) is 0 Å². The molecule has 2 aromatic heterocycles. The smallest absolute Gasteiger partial charge is 0.359 e. The standard InChI is InChI=1S/C26H35ClN5O9P/c27-25-30-22(29-17-8-4-5-9-17)18-12-28-32(23(18)31-25)24-21(35)20(34)19(41-24)14-40-26(15-33,42(36,37)38)10-11-39-13-16-6-2-1-3-7-16/h1-3,6-7,12,17,19-21,24,33-35H,4-5,8-11,13-15H2,(H,29,30,31)(H2,36,37,38)/t19-,20-,21-,24-,26?/m1/s1. The maximum absolute atomic E-state index is 12.4. The van der Waals surface area contributed by atoms with E-state index in [1.54, 1.807) is 0 Å². The van der Waals surface area contributed by atoms with Crippen molar-refractivity contribution >= 4 is 36.0 Å². The van der Waals surface area contributed by atoms with E-state index in [9.17, 15) is 29.7 Å². The maximum atomic E-state index is 12.4. The van der Waals surface area contributed by atoms with Gasteiger partial charge in [-0.3, -0.25) is 4.57 Å². The highest BCUT2D eigenvalue weighted by atomic mass is 35.5. The molecule has 2 aliphatic rings. The summed E-state index contributed by atoms with van der Waals surface area (Å²) in [7, 11) is -5.04. The van der Waals surface area contributed by atoms with Gasteiger partial charge in [-0.1, -0.05) is 43.2 Å². The van der Waals surface area contributed by atoms with E-state index in [1.807, 2.05) is 30.3 Å². The molecule has 6 N–H and O–H groups in total. The molecule has 3 aromatic rings. The molecule has 5 rings (SSSR count). The lowest BCUT2D eigenvalue weighted by Crippen LogP contribution is -2.42. The minimum absolute atomic E-state index is 0.0403. The Morgan fingerprint density at radius 1 is 1.14 bits per heavy atom. The Morgan fingerprint density at radius 2 is 1.88 bits per heavy atom. The van der Waals surface area contributed by atoms with Gasteiger partial charge in [0.25, 0.3) is 0 Å². The summed E-state index contributed by atoms with van der Waals surface area (Å²) >= 11 is 6.20. The predicted molar refractivity (Wildman–Crippen MR) is 151 cm³/mol. The molecule has 0 radical (unpaired) electrons. The fraction of sp³-hybridized carbons (Fsp3) is 0.577. The average Bonchev–Trinajstić information content (AvgIpc) is 3.69. The second-order valence-electron chi connectivity index (χ2n) is 10.6. The summed E-state index contributed by atoms with van der Waals surface area (Å²) in [5.74, 6) is 0.500. The van der Waals surface area contributed by atoms with Crippen LogP contribution >= 0.6 is 19.2 Å². The third-order valence-corrected chi connectivity index (χ3v) is 9.47. The number of hydrogen-bond donors (Lipinski definition) is 6. The summed E-state index contributed by atoms with van der Waals surface area (Å²) in [6.07, 6.45) is -0.0485. The number of aliphatic hydroxyl groups excluding tert-OH is 3. The highest BCUT2D eigenvalue weighted by Crippen LogP contribution is 2.53. The maximum Gasteiger partial charge on any atom is 0.359 e. The van der Waals surface area contributed by atoms with Crippen LogP contribution in [0.25, 0.3) is 11.0 Å². The second-order valence-corrected chi connectivity index (χ2v) is 12.8. The number of halogens is 1. The number of nitrogens with zero attached hydrogens (tertiary/aromatic N) is 4. The van der Waals surface area contributed by atoms with Crippen molar-refractivity contribution in [2.45, 2.75) is 74.6 Å². The molecule has 14 nitrogen and oxygen atoms in total. The van der Waals surface area contributed by atoms with E-state index in [0.717, 1.165) is 31.2 Å². The normalized spacial score (nSPS) is 24.8. The molecule has 1 saturated heterocycles. The van der Waals surface area contributed by atoms with Crippen LogP contribution in [0.15, 0.2) is 36.5 Å². The molecule has 1 aliphatic carbocycles. The van der Waals surface area contributed by atoms with Gasteiger partial charge >= 0.3 is 7.60 Å². The summed E-state index contributed by atoms with van der Waals surface area (Å²) < 4.78 is 30.7. The number of ether oxygens (including phenoxy) is 3. The van der Waals surface area contributed by atoms with Crippen LogP contribution in [0.2, 0.25) is 5.28 Å². The van der Waals surface area contributed by atoms with Crippen LogP contribution in [0.3, 0.4) is 0 Å². The average molecular weight is 628 g/mol. The fourth-order valence-electron chi connectivity index (χ4n) is 5.28. The number of benzene rings is 1. The zero-order valence-electron chi connectivity index (χ0n) is 22.7. The number of aliphatic hydroxyl groups is 3. The first-order valence-corrected chi connectivity index (χ1v) is 15.7. The van der Waals surface area contributed by atoms with E-state index in [2.05, 4.69) is 20.4 Å². The number of rotatable bonds is 13. The van der Waals surface area contributed by atoms with Crippen molar-refractivity contribution in [1.82, 2.24) is 19.7 Å². The van der Waals surface area contributed by atoms with Crippen LogP contribution < -0.4 is 5.32 Å². The number of anilines is 1. The van der Waals surface area contributed by atoms with E-state index >= 15 is 0 Å². The lowest BCUT2D eigenvalue weighted by molar-refractivity contribution is -0.116. The van der Waals surface area contributed by atoms with Crippen molar-refractivity contribution in [1.29, 1.82) is 0 Å². The molecule has 42 heavy (non-hydrogen) atoms. The molecule has 16 heteroatoms. The largest absolute Gasteiger partial charge is 0.393 e. The Labute approximate surface area is 246 Å². The molecule has 1 unspecified atom stereocenters. The van der Waals surface area contributed by atoms with Gasteiger partial charge in [0, 0.05) is 12.5 Å². The highest BCUT2D eigenvalue weighted by Gasteiger charge is 2.51. The van der Waals surface area contributed by atoms with Crippen molar-refractivity contribution < 1.29 is 43.9 Å². The van der Waals surface area contributed by atoms with E-state index in [4.69, 9.17) is 25.8 Å². The van der Waals surface area contributed by atoms with Crippen molar-refractivity contribution in [2.24, 2.45) is 0 Å². The van der Waals surface area contributed by atoms with Gasteiger partial charge in [-0.2, -0.15) is 15.1 Å². The number of hydrogen-bond acceptors (Lipinski definition) is 11. The number of nitrogens with one attached hydrogen (secondary N) is 1. The SMILES string of the molecule is O=P(O)(O)C(CO)(CCOCc1ccccc1)OC[C@H]1O[C@@H](n2ncc3c(NC4CCCC4)nc(Cl)nc32)[C@H](O)[C@@H]1O. The fourth-order valence-corrected chi connectivity index (χ4v) is 6.25. The molecular weight excluding hydrogens is 593 g/mol. The first-order valence-electron chi connectivity index (χ1n) is 13.7. The Kier molecular flexibility index (Phi) is 9.79. The van der Waals surface area contributed by atoms with E-state index < -0.39 is 50.7 Å². The zero-order chi connectivity index (χ0) is 29.9. The zero-order valence-corrected chi connectivity index (χ0v) is 24.3. The van der Waals surface area contributed by atoms with Crippen LogP contribution in [0.1, 0.15) is 43.9 Å². The summed E-state index contributed by atoms with van der Waals surface area (Å²) in [4.78, 5) is 28.7. The van der Waals surface area contributed by atoms with Crippen molar-refractivity contribution in [3.05, 3.63) is 47.4 Å². The van der Waals surface area contributed by atoms with Gasteiger partial charge in [-0.05, 0) is 30.0 Å². The summed E-state index contributed by atoms with van der Waals surface area (Å²) in [6.45, 7) is -1.50. The molecule has 0 spiro atoms. The van der Waals surface area contributed by atoms with Crippen LogP contribution in [-0.4, -0.2) is 94.4 Å². The Balaban J connectivity index is 1.27. The Morgan fingerprint density at radius 3 is 2.57 bits per heavy atom. The van der Waals surface area contributed by atoms with E-state index in [1.165, 1.54) is 10.9 Å². The minimum atomic E-state index is -5.04. The number of aromatic nitrogens is 4. The van der Waals surface area contributed by atoms with E-state index in [0.29, 0.717) is 11.2 Å². The highest BCUT2D eigenvalue weighted by molar-refractivity contribution is 7.53. The van der Waals surface area contributed by atoms with Crippen LogP contribution in [0.5, 0.6) is 0 Å². The van der Waals surface area contributed by atoms with Gasteiger partial charge in [0.05, 0.1) is 38.0 Å². The molecule has 2 fully saturated rings. The summed E-state index contributed by atoms with van der Waals surface area (Å²) in [5.41, 5.74) is 1.13. The van der Waals surface area contributed by atoms with Crippen molar-refractivity contribution in [3.63, 3.8) is 0 Å². The predicted octanol–water partition coefficient (Wildman–Crippen LogP) is 1.94. The molecule has 3 heterocycles. The summed E-state index contributed by atoms with van der Waals surface area (Å²) in [6, 6.07) is 9.45. The van der Waals surface area contributed by atoms with Crippen LogP contribution in [-0.2, 0) is 25.4 Å². The van der Waals surface area contributed by atoms with Gasteiger partial charge < -0.3 is 44.6 Å². The first-order chi connectivity index (χ1) is 20.1.